The van der Waals surface area contributed by atoms with E-state index in [1.807, 2.05) is 0 Å². The van der Waals surface area contributed by atoms with Crippen molar-refractivity contribution in [3.8, 4) is 5.75 Å². The topological polar surface area (TPSA) is 21.3 Å². The van der Waals surface area contributed by atoms with Gasteiger partial charge >= 0.3 is 0 Å². The smallest absolute Gasteiger partial charge is 0.123 e. The van der Waals surface area contributed by atoms with Crippen molar-refractivity contribution in [3.05, 3.63) is 29.3 Å². The number of hydrogen-bond donors (Lipinski definition) is 1. The molecule has 20 heavy (non-hydrogen) atoms. The molecule has 1 aromatic carbocycles. The van der Waals surface area contributed by atoms with Crippen LogP contribution in [0.5, 0.6) is 5.75 Å². The van der Waals surface area contributed by atoms with Gasteiger partial charge in [0, 0.05) is 12.5 Å². The Bertz CT molecular complexity index is 461. The molecule has 3 atom stereocenters. The third-order valence-electron chi connectivity index (χ3n) is 4.74. The molecule has 0 amide bonds. The molecule has 2 nitrogen and oxygen atoms in total. The van der Waals surface area contributed by atoms with E-state index in [-0.39, 0.29) is 0 Å². The normalized spacial score (nSPS) is 21.2. The van der Waals surface area contributed by atoms with Crippen LogP contribution in [-0.4, -0.2) is 13.2 Å². The lowest BCUT2D eigenvalue weighted by Gasteiger charge is -2.31. The summed E-state index contributed by atoms with van der Waals surface area (Å²) in [5.74, 6) is 1.74. The molecular formula is C18H29NO. The molecule has 1 aromatic rings. The van der Waals surface area contributed by atoms with Crippen molar-refractivity contribution in [1.29, 1.82) is 0 Å². The first kappa shape index (κ1) is 15.4. The summed E-state index contributed by atoms with van der Waals surface area (Å²) in [6.45, 7) is 11.5. The Kier molecular flexibility index (Phi) is 4.43. The Hall–Kier alpha value is -1.02. The minimum atomic E-state index is 0.321. The third kappa shape index (κ3) is 3.35. The monoisotopic (exact) mass is 275 g/mol. The van der Waals surface area contributed by atoms with Crippen molar-refractivity contribution < 1.29 is 4.74 Å². The van der Waals surface area contributed by atoms with Crippen molar-refractivity contribution >= 4 is 0 Å². The van der Waals surface area contributed by atoms with Crippen molar-refractivity contribution in [1.82, 2.24) is 5.32 Å². The van der Waals surface area contributed by atoms with Crippen LogP contribution >= 0.6 is 0 Å². The molecule has 112 valence electrons. The second-order valence-corrected chi connectivity index (χ2v) is 7.34. The van der Waals surface area contributed by atoms with E-state index >= 15 is 0 Å². The maximum atomic E-state index is 5.79. The standard InChI is InChI=1S/C18H29NO/c1-12(18(3,4)5)9-16(19-6)14-7-8-17-15(11-14)10-13(2)20-17/h7-8,11-13,16,19H,9-10H2,1-6H3. The zero-order valence-electron chi connectivity index (χ0n) is 13.8. The first-order chi connectivity index (χ1) is 9.31. The lowest BCUT2D eigenvalue weighted by molar-refractivity contribution is 0.226. The van der Waals surface area contributed by atoms with Crippen molar-refractivity contribution in [2.75, 3.05) is 7.05 Å². The van der Waals surface area contributed by atoms with Gasteiger partial charge in [0.05, 0.1) is 0 Å². The van der Waals surface area contributed by atoms with Crippen molar-refractivity contribution in [3.63, 3.8) is 0 Å². The van der Waals surface area contributed by atoms with Crippen molar-refractivity contribution in [2.24, 2.45) is 11.3 Å². The van der Waals surface area contributed by atoms with Gasteiger partial charge < -0.3 is 10.1 Å². The number of ether oxygens (including phenoxy) is 1. The van der Waals surface area contributed by atoms with Crippen LogP contribution in [0.25, 0.3) is 0 Å². The van der Waals surface area contributed by atoms with Gasteiger partial charge in [-0.25, -0.2) is 0 Å². The fourth-order valence-corrected chi connectivity index (χ4v) is 2.79. The predicted octanol–water partition coefficient (Wildman–Crippen LogP) is 4.34. The molecule has 1 heterocycles. The second kappa shape index (κ2) is 5.77. The number of rotatable bonds is 4. The van der Waals surface area contributed by atoms with E-state index in [0.717, 1.165) is 18.6 Å². The van der Waals surface area contributed by atoms with Crippen molar-refractivity contribution in [2.45, 2.75) is 59.6 Å². The molecule has 0 aliphatic carbocycles. The lowest BCUT2D eigenvalue weighted by atomic mass is 9.77. The average Bonchev–Trinajstić information content (AvgIpc) is 2.73. The van der Waals surface area contributed by atoms with Crippen LogP contribution in [0.3, 0.4) is 0 Å². The first-order valence-corrected chi connectivity index (χ1v) is 7.78. The Morgan fingerprint density at radius 1 is 1.35 bits per heavy atom. The molecular weight excluding hydrogens is 246 g/mol. The van der Waals surface area contributed by atoms with E-state index in [2.05, 4.69) is 65.2 Å². The van der Waals surface area contributed by atoms with Gasteiger partial charge in [-0.2, -0.15) is 0 Å². The van der Waals surface area contributed by atoms with E-state index in [4.69, 9.17) is 4.74 Å². The summed E-state index contributed by atoms with van der Waals surface area (Å²) in [6.07, 6.45) is 2.52. The highest BCUT2D eigenvalue weighted by atomic mass is 16.5. The highest BCUT2D eigenvalue weighted by Gasteiger charge is 2.25. The Morgan fingerprint density at radius 3 is 2.65 bits per heavy atom. The van der Waals surface area contributed by atoms with Crippen LogP contribution in [0, 0.1) is 11.3 Å². The van der Waals surface area contributed by atoms with E-state index in [0.29, 0.717) is 23.5 Å². The van der Waals surface area contributed by atoms with Gasteiger partial charge in [0.25, 0.3) is 0 Å². The van der Waals surface area contributed by atoms with Crippen LogP contribution in [0.4, 0.5) is 0 Å². The van der Waals surface area contributed by atoms with Gasteiger partial charge in [-0.15, -0.1) is 0 Å². The molecule has 1 N–H and O–H groups in total. The van der Waals surface area contributed by atoms with E-state index in [9.17, 15) is 0 Å². The Balaban J connectivity index is 2.15. The van der Waals surface area contributed by atoms with E-state index in [1.165, 1.54) is 11.1 Å². The fourth-order valence-electron chi connectivity index (χ4n) is 2.79. The molecule has 0 spiro atoms. The molecule has 0 bridgehead atoms. The summed E-state index contributed by atoms with van der Waals surface area (Å²) in [5.41, 5.74) is 3.10. The highest BCUT2D eigenvalue weighted by Crippen LogP contribution is 2.36. The summed E-state index contributed by atoms with van der Waals surface area (Å²) in [6, 6.07) is 7.11. The molecule has 0 saturated heterocycles. The summed E-state index contributed by atoms with van der Waals surface area (Å²) in [4.78, 5) is 0. The van der Waals surface area contributed by atoms with Crippen LogP contribution in [-0.2, 0) is 6.42 Å². The molecule has 2 heteroatoms. The third-order valence-corrected chi connectivity index (χ3v) is 4.74. The number of benzene rings is 1. The average molecular weight is 275 g/mol. The molecule has 0 radical (unpaired) electrons. The molecule has 0 saturated carbocycles. The largest absolute Gasteiger partial charge is 0.490 e. The zero-order valence-corrected chi connectivity index (χ0v) is 13.8. The molecule has 0 aromatic heterocycles. The number of fused-ring (bicyclic) bond motifs is 1. The molecule has 1 aliphatic rings. The number of hydrogen-bond acceptors (Lipinski definition) is 2. The van der Waals surface area contributed by atoms with Crippen LogP contribution in [0.15, 0.2) is 18.2 Å². The number of nitrogens with one attached hydrogen (secondary N) is 1. The molecule has 1 aliphatic heterocycles. The SMILES string of the molecule is CNC(CC(C)C(C)(C)C)c1ccc2c(c1)CC(C)O2. The first-order valence-electron chi connectivity index (χ1n) is 7.78. The maximum Gasteiger partial charge on any atom is 0.123 e. The van der Waals surface area contributed by atoms with Gasteiger partial charge in [0.1, 0.15) is 11.9 Å². The summed E-state index contributed by atoms with van der Waals surface area (Å²) < 4.78 is 5.79. The minimum Gasteiger partial charge on any atom is -0.490 e. The summed E-state index contributed by atoms with van der Waals surface area (Å²) in [5, 5.41) is 3.48. The zero-order chi connectivity index (χ0) is 14.9. The molecule has 0 fully saturated rings. The summed E-state index contributed by atoms with van der Waals surface area (Å²) >= 11 is 0. The van der Waals surface area contributed by atoms with Crippen LogP contribution < -0.4 is 10.1 Å². The predicted molar refractivity (Wildman–Crippen MR) is 85.3 cm³/mol. The van der Waals surface area contributed by atoms with E-state index < -0.39 is 0 Å². The van der Waals surface area contributed by atoms with Crippen LogP contribution in [0.1, 0.15) is 58.2 Å². The maximum absolute atomic E-state index is 5.79. The van der Waals surface area contributed by atoms with Gasteiger partial charge in [-0.1, -0.05) is 39.8 Å². The lowest BCUT2D eigenvalue weighted by Crippen LogP contribution is -2.25. The van der Waals surface area contributed by atoms with E-state index in [1.54, 1.807) is 0 Å². The Morgan fingerprint density at radius 2 is 2.05 bits per heavy atom. The molecule has 3 unspecified atom stereocenters. The van der Waals surface area contributed by atoms with Gasteiger partial charge in [0.2, 0.25) is 0 Å². The fraction of sp³-hybridized carbons (Fsp3) is 0.667. The molecule has 2 rings (SSSR count). The van der Waals surface area contributed by atoms with Gasteiger partial charge in [-0.05, 0) is 48.9 Å². The summed E-state index contributed by atoms with van der Waals surface area (Å²) in [7, 11) is 2.06. The van der Waals surface area contributed by atoms with Gasteiger partial charge in [-0.3, -0.25) is 0 Å². The van der Waals surface area contributed by atoms with Crippen LogP contribution in [0.2, 0.25) is 0 Å². The second-order valence-electron chi connectivity index (χ2n) is 7.34. The Labute approximate surface area is 123 Å². The highest BCUT2D eigenvalue weighted by molar-refractivity contribution is 5.41. The van der Waals surface area contributed by atoms with Gasteiger partial charge in [0.15, 0.2) is 0 Å². The quantitative estimate of drug-likeness (QED) is 0.882. The minimum absolute atomic E-state index is 0.321.